The number of alkyl halides is 3. The van der Waals surface area contributed by atoms with Crippen LogP contribution in [-0.2, 0) is 16.6 Å². The summed E-state index contributed by atoms with van der Waals surface area (Å²) in [6.45, 7) is 2.03. The monoisotopic (exact) mass is 577 g/mol. The van der Waals surface area contributed by atoms with Gasteiger partial charge in [0.05, 0.1) is 5.69 Å². The van der Waals surface area contributed by atoms with Gasteiger partial charge in [-0.2, -0.15) is 28.2 Å². The molecule has 1 atom stereocenters. The number of rotatable bonds is 6. The predicted molar refractivity (Wildman–Crippen MR) is 139 cm³/mol. The Morgan fingerprint density at radius 2 is 1.90 bits per heavy atom. The van der Waals surface area contributed by atoms with E-state index in [9.17, 15) is 23.1 Å². The second-order valence-corrected chi connectivity index (χ2v) is 11.2. The number of nitrogens with zero attached hydrogens (tertiary/aromatic N) is 5. The van der Waals surface area contributed by atoms with E-state index in [1.807, 2.05) is 0 Å². The van der Waals surface area contributed by atoms with Gasteiger partial charge in [-0.15, -0.1) is 0 Å². The molecule has 10 nitrogen and oxygen atoms in total. The van der Waals surface area contributed by atoms with Crippen LogP contribution in [0.15, 0.2) is 36.5 Å². The van der Waals surface area contributed by atoms with Gasteiger partial charge >= 0.3 is 12.1 Å². The van der Waals surface area contributed by atoms with E-state index in [-0.39, 0.29) is 17.2 Å². The molecule has 3 aliphatic rings. The van der Waals surface area contributed by atoms with Gasteiger partial charge in [0.25, 0.3) is 0 Å². The first-order chi connectivity index (χ1) is 19.0. The van der Waals surface area contributed by atoms with Crippen molar-refractivity contribution in [1.29, 1.82) is 0 Å². The third-order valence-electron chi connectivity index (χ3n) is 8.09. The molecule has 4 heterocycles. The van der Waals surface area contributed by atoms with E-state index in [1.54, 1.807) is 24.3 Å². The van der Waals surface area contributed by atoms with E-state index in [4.69, 9.17) is 22.1 Å². The molecule has 3 aromatic rings. The van der Waals surface area contributed by atoms with Crippen molar-refractivity contribution >= 4 is 29.3 Å². The molecule has 2 aromatic heterocycles. The Morgan fingerprint density at radius 3 is 2.52 bits per heavy atom. The van der Waals surface area contributed by atoms with E-state index < -0.39 is 29.5 Å². The average Bonchev–Trinajstić information content (AvgIpc) is 3.30. The molecular formula is C26H27ClF3N7O3. The molecule has 14 heteroatoms. The number of halogens is 4. The highest BCUT2D eigenvalue weighted by atomic mass is 35.5. The number of nitrogens with one attached hydrogen (secondary N) is 1. The van der Waals surface area contributed by atoms with Gasteiger partial charge < -0.3 is 25.8 Å². The van der Waals surface area contributed by atoms with Crippen LogP contribution in [0.4, 0.5) is 24.9 Å². The predicted octanol–water partition coefficient (Wildman–Crippen LogP) is 4.02. The number of aliphatic carboxylic acids is 1. The van der Waals surface area contributed by atoms with Crippen molar-refractivity contribution in [2.45, 2.75) is 49.9 Å². The molecule has 0 radical (unpaired) electrons. The maximum absolute atomic E-state index is 13.2. The number of ether oxygens (including phenoxy) is 1. The topological polar surface area (TPSA) is 131 Å². The fraction of sp³-hybridized carbons (Fsp3) is 0.462. The Morgan fingerprint density at radius 1 is 1.15 bits per heavy atom. The second-order valence-electron chi connectivity index (χ2n) is 10.8. The third kappa shape index (κ3) is 5.03. The number of hydrogen-bond donors (Lipinski definition) is 3. The molecule has 4 N–H and O–H groups in total. The Balaban J connectivity index is 1.23. The van der Waals surface area contributed by atoms with Crippen LogP contribution in [0.3, 0.4) is 0 Å². The van der Waals surface area contributed by atoms with Crippen molar-refractivity contribution in [3.8, 4) is 11.6 Å². The number of carbonyl (C=O) groups is 1. The van der Waals surface area contributed by atoms with Crippen LogP contribution in [0.25, 0.3) is 5.69 Å². The minimum atomic E-state index is -4.58. The molecule has 212 valence electrons. The molecule has 0 bridgehead atoms. The normalized spacial score (nSPS) is 21.5. The number of anilines is 2. The summed E-state index contributed by atoms with van der Waals surface area (Å²) in [6.07, 6.45) is 0.112. The molecular weight excluding hydrogens is 551 g/mol. The summed E-state index contributed by atoms with van der Waals surface area (Å²) in [7, 11) is 0. The van der Waals surface area contributed by atoms with Crippen molar-refractivity contribution in [2.75, 3.05) is 30.3 Å². The lowest BCUT2D eigenvalue weighted by Gasteiger charge is -2.39. The largest absolute Gasteiger partial charge is 0.480 e. The van der Waals surface area contributed by atoms with Gasteiger partial charge in [0, 0.05) is 42.5 Å². The van der Waals surface area contributed by atoms with E-state index in [2.05, 4.69) is 25.3 Å². The first-order valence-corrected chi connectivity index (χ1v) is 13.3. The Bertz CT molecular complexity index is 1450. The van der Waals surface area contributed by atoms with Crippen LogP contribution in [0.1, 0.15) is 43.4 Å². The Hall–Kier alpha value is -3.58. The van der Waals surface area contributed by atoms with Crippen LogP contribution < -0.4 is 20.7 Å². The highest BCUT2D eigenvalue weighted by Crippen LogP contribution is 2.51. The molecule has 1 saturated carbocycles. The third-order valence-corrected chi connectivity index (χ3v) is 8.33. The van der Waals surface area contributed by atoms with Crippen molar-refractivity contribution < 1.29 is 27.8 Å². The zero-order valence-electron chi connectivity index (χ0n) is 21.3. The smallest absolute Gasteiger partial charge is 0.435 e. The van der Waals surface area contributed by atoms with Gasteiger partial charge in [-0.3, -0.25) is 4.79 Å². The zero-order chi connectivity index (χ0) is 28.3. The van der Waals surface area contributed by atoms with Crippen LogP contribution in [0.5, 0.6) is 5.88 Å². The first kappa shape index (κ1) is 26.6. The summed E-state index contributed by atoms with van der Waals surface area (Å²) in [5.41, 5.74) is 5.17. The number of nitrogens with two attached hydrogens (primary N) is 1. The van der Waals surface area contributed by atoms with Crippen molar-refractivity contribution in [2.24, 2.45) is 5.41 Å². The minimum absolute atomic E-state index is 0.0373. The van der Waals surface area contributed by atoms with Gasteiger partial charge in [0.15, 0.2) is 5.69 Å². The molecule has 3 fully saturated rings. The molecule has 0 amide bonds. The summed E-state index contributed by atoms with van der Waals surface area (Å²) >= 11 is 6.21. The number of aromatic nitrogens is 4. The maximum atomic E-state index is 13.2. The van der Waals surface area contributed by atoms with Crippen LogP contribution in [0, 0.1) is 5.41 Å². The number of hydrogen-bond acceptors (Lipinski definition) is 8. The number of carboxylic acid groups (broad SMARTS) is 1. The quantitative estimate of drug-likeness (QED) is 0.397. The SMILES string of the molecule is Nc1nc(OC2(c3ccc(Cl)cc3-n3ccc(C(F)(F)F)n3)CC2)cc(N2CCC3(CC2)CN[C@H](C(=O)O)C3)n1. The maximum Gasteiger partial charge on any atom is 0.435 e. The lowest BCUT2D eigenvalue weighted by atomic mass is 9.76. The Kier molecular flexibility index (Phi) is 6.33. The number of benzene rings is 1. The van der Waals surface area contributed by atoms with Crippen LogP contribution in [-0.4, -0.2) is 56.5 Å². The van der Waals surface area contributed by atoms with Gasteiger partial charge in [-0.1, -0.05) is 17.7 Å². The van der Waals surface area contributed by atoms with Gasteiger partial charge in [-0.25, -0.2) is 4.68 Å². The lowest BCUT2D eigenvalue weighted by molar-refractivity contribution is -0.141. The van der Waals surface area contributed by atoms with Crippen LogP contribution >= 0.6 is 11.6 Å². The fourth-order valence-electron chi connectivity index (χ4n) is 5.76. The van der Waals surface area contributed by atoms with Gasteiger partial charge in [0.1, 0.15) is 17.5 Å². The van der Waals surface area contributed by atoms with Gasteiger partial charge in [-0.05, 0) is 55.7 Å². The number of nitrogen functional groups attached to an aromatic ring is 1. The summed E-state index contributed by atoms with van der Waals surface area (Å²) < 4.78 is 47.2. The van der Waals surface area contributed by atoms with Crippen molar-refractivity contribution in [3.05, 3.63) is 52.8 Å². The van der Waals surface area contributed by atoms with Crippen LogP contribution in [0.2, 0.25) is 5.02 Å². The fourth-order valence-corrected chi connectivity index (χ4v) is 5.92. The molecule has 2 saturated heterocycles. The van der Waals surface area contributed by atoms with Gasteiger partial charge in [0.2, 0.25) is 11.8 Å². The molecule has 1 spiro atoms. The van der Waals surface area contributed by atoms with E-state index in [0.717, 1.165) is 23.6 Å². The van der Waals surface area contributed by atoms with E-state index in [1.165, 1.54) is 6.20 Å². The standard InChI is InChI=1S/C26H27ClF3N7O3/c27-15-1-2-16(18(11-15)37-8-3-19(35-37)26(28,29)30)25(4-5-25)40-21-12-20(33-23(31)34-21)36-9-6-24(7-10-36)13-17(22(38)39)32-14-24/h1-3,8,11-12,17,32H,4-7,9-10,13-14H2,(H,38,39)(H2,31,33,34)/t17-/m0/s1. The average molecular weight is 578 g/mol. The van der Waals surface area contributed by atoms with E-state index in [0.29, 0.717) is 61.0 Å². The Labute approximate surface area is 232 Å². The summed E-state index contributed by atoms with van der Waals surface area (Å²) in [6, 6.07) is 7.06. The highest BCUT2D eigenvalue weighted by Gasteiger charge is 2.50. The van der Waals surface area contributed by atoms with E-state index >= 15 is 0 Å². The second kappa shape index (κ2) is 9.51. The summed E-state index contributed by atoms with van der Waals surface area (Å²) in [4.78, 5) is 22.2. The molecule has 1 aromatic carbocycles. The number of piperidine rings is 1. The van der Waals surface area contributed by atoms with Crippen molar-refractivity contribution in [3.63, 3.8) is 0 Å². The highest BCUT2D eigenvalue weighted by molar-refractivity contribution is 6.30. The summed E-state index contributed by atoms with van der Waals surface area (Å²) in [5.74, 6) is 0.0735. The van der Waals surface area contributed by atoms with Crippen molar-refractivity contribution in [1.82, 2.24) is 25.1 Å². The zero-order valence-corrected chi connectivity index (χ0v) is 22.0. The minimum Gasteiger partial charge on any atom is -0.480 e. The summed E-state index contributed by atoms with van der Waals surface area (Å²) in [5, 5.41) is 16.5. The molecule has 6 rings (SSSR count). The molecule has 0 unspecified atom stereocenters. The number of carboxylic acids is 1. The molecule has 2 aliphatic heterocycles. The molecule has 40 heavy (non-hydrogen) atoms. The lowest BCUT2D eigenvalue weighted by Crippen LogP contribution is -2.41. The molecule has 1 aliphatic carbocycles. The first-order valence-electron chi connectivity index (χ1n) is 12.9.